The number of hydrogen-bond donors (Lipinski definition) is 0. The Kier molecular flexibility index (Phi) is 13.1. The van der Waals surface area contributed by atoms with Gasteiger partial charge in [0, 0.05) is 6.42 Å². The van der Waals surface area contributed by atoms with Gasteiger partial charge in [0.1, 0.15) is 0 Å². The van der Waals surface area contributed by atoms with Crippen molar-refractivity contribution in [2.75, 3.05) is 0 Å². The van der Waals surface area contributed by atoms with Gasteiger partial charge in [-0.2, -0.15) is 13.2 Å². The predicted octanol–water partition coefficient (Wildman–Crippen LogP) is -0.836. The van der Waals surface area contributed by atoms with E-state index in [4.69, 9.17) is 0 Å². The van der Waals surface area contributed by atoms with Gasteiger partial charge in [-0.05, 0) is 6.42 Å². The fraction of sp³-hybridized carbons (Fsp3) is 0.750. The van der Waals surface area contributed by atoms with Crippen molar-refractivity contribution in [3.05, 3.63) is 6.92 Å². The molecule has 0 amide bonds. The minimum absolute atomic E-state index is 0. The largest absolute Gasteiger partial charge is 1.00 e. The molecule has 0 bridgehead atoms. The zero-order chi connectivity index (χ0) is 5.91. The molecule has 0 fully saturated rings. The molecule has 5 heteroatoms. The quantitative estimate of drug-likeness (QED) is 0.543. The molecule has 0 atom stereocenters. The molecule has 0 aromatic rings. The van der Waals surface area contributed by atoms with Gasteiger partial charge in [-0.3, -0.25) is 0 Å². The van der Waals surface area contributed by atoms with Crippen LogP contribution in [0.3, 0.4) is 0 Å². The standard InChI is InChI=1S/C4H6F3.ClH.Hg/c1-2-3-4(5,6)7;;/h1-3H2;1H;/q;;+1/p-1. The molecule has 0 aliphatic carbocycles. The molecule has 52 valence electrons. The van der Waals surface area contributed by atoms with Crippen molar-refractivity contribution in [3.8, 4) is 0 Å². The Morgan fingerprint density at radius 3 is 1.56 bits per heavy atom. The molecule has 0 aliphatic rings. The van der Waals surface area contributed by atoms with Gasteiger partial charge in [0.2, 0.25) is 0 Å². The summed E-state index contributed by atoms with van der Waals surface area (Å²) in [6.07, 6.45) is -4.85. The summed E-state index contributed by atoms with van der Waals surface area (Å²) in [4.78, 5) is 0. The van der Waals surface area contributed by atoms with Crippen molar-refractivity contribution in [3.63, 3.8) is 0 Å². The van der Waals surface area contributed by atoms with Gasteiger partial charge in [-0.15, -0.1) is 0 Å². The third-order valence-corrected chi connectivity index (χ3v) is 0.460. The van der Waals surface area contributed by atoms with Crippen LogP contribution in [0.2, 0.25) is 0 Å². The minimum atomic E-state index is -4.01. The number of halogens is 4. The van der Waals surface area contributed by atoms with E-state index in [2.05, 4.69) is 6.92 Å². The van der Waals surface area contributed by atoms with Crippen molar-refractivity contribution in [1.29, 1.82) is 0 Å². The Hall–Kier alpha value is 1.02. The van der Waals surface area contributed by atoms with Gasteiger partial charge in [-0.1, -0.05) is 6.92 Å². The second-order valence-electron chi connectivity index (χ2n) is 1.22. The first-order chi connectivity index (χ1) is 3.06. The number of alkyl halides is 3. The van der Waals surface area contributed by atoms with Gasteiger partial charge < -0.3 is 12.4 Å². The number of hydrogen-bond acceptors (Lipinski definition) is 0. The molecule has 0 heterocycles. The van der Waals surface area contributed by atoms with E-state index in [0.29, 0.717) is 0 Å². The molecule has 0 aliphatic heterocycles. The SMILES string of the molecule is [CH2]CCC(F)(F)F.[Cl-].[Hg+]. The normalized spacial score (nSPS) is 9.33. The molecule has 0 nitrogen and oxygen atoms in total. The average molecular weight is 347 g/mol. The van der Waals surface area contributed by atoms with Crippen LogP contribution in [0.1, 0.15) is 12.8 Å². The maximum absolute atomic E-state index is 11.0. The molecule has 2 radical (unpaired) electrons. The summed E-state index contributed by atoms with van der Waals surface area (Å²) in [7, 11) is 0. The van der Waals surface area contributed by atoms with E-state index < -0.39 is 12.6 Å². The topological polar surface area (TPSA) is 0 Å². The van der Waals surface area contributed by atoms with Crippen LogP contribution in [0.15, 0.2) is 0 Å². The van der Waals surface area contributed by atoms with Gasteiger partial charge in [0.25, 0.3) is 0 Å². The third-order valence-electron chi connectivity index (χ3n) is 0.460. The van der Waals surface area contributed by atoms with Crippen molar-refractivity contribution in [1.82, 2.24) is 0 Å². The fourth-order valence-electron chi connectivity index (χ4n) is 0.200. The number of rotatable bonds is 1. The fourth-order valence-corrected chi connectivity index (χ4v) is 0.200. The molecule has 0 aromatic heterocycles. The summed E-state index contributed by atoms with van der Waals surface area (Å²) in [5, 5.41) is 0. The second kappa shape index (κ2) is 7.13. The molecule has 0 unspecified atom stereocenters. The summed E-state index contributed by atoms with van der Waals surface area (Å²) < 4.78 is 33.0. The molecule has 0 saturated carbocycles. The van der Waals surface area contributed by atoms with Crippen LogP contribution in [-0.2, 0) is 27.7 Å². The summed E-state index contributed by atoms with van der Waals surface area (Å²) in [5.41, 5.74) is 0. The Labute approximate surface area is 79.1 Å². The summed E-state index contributed by atoms with van der Waals surface area (Å²) in [6.45, 7) is 3.05. The first-order valence-corrected chi connectivity index (χ1v) is 1.92. The zero-order valence-electron chi connectivity index (χ0n) is 4.84. The minimum Gasteiger partial charge on any atom is -1.00 e. The summed E-state index contributed by atoms with van der Waals surface area (Å²) in [6, 6.07) is 0. The monoisotopic (exact) mass is 348 g/mol. The van der Waals surface area contributed by atoms with Crippen LogP contribution < -0.4 is 12.4 Å². The van der Waals surface area contributed by atoms with E-state index in [1.165, 1.54) is 0 Å². The molecule has 0 rings (SSSR count). The molecular weight excluding hydrogens is 341 g/mol. The first-order valence-electron chi connectivity index (χ1n) is 1.92. The second-order valence-corrected chi connectivity index (χ2v) is 1.22. The van der Waals surface area contributed by atoms with E-state index in [1.54, 1.807) is 0 Å². The molecule has 9 heavy (non-hydrogen) atoms. The molecule has 0 N–H and O–H groups in total. The summed E-state index contributed by atoms with van der Waals surface area (Å²) in [5.74, 6) is 0. The van der Waals surface area contributed by atoms with Crippen molar-refractivity contribution >= 4 is 0 Å². The van der Waals surface area contributed by atoms with Gasteiger partial charge >= 0.3 is 33.8 Å². The van der Waals surface area contributed by atoms with E-state index >= 15 is 0 Å². The predicted molar refractivity (Wildman–Crippen MR) is 20.6 cm³/mol. The van der Waals surface area contributed by atoms with Crippen LogP contribution in [0.5, 0.6) is 0 Å². The first kappa shape index (κ1) is 16.5. The van der Waals surface area contributed by atoms with Crippen LogP contribution in [0.25, 0.3) is 0 Å². The van der Waals surface area contributed by atoms with E-state index in [9.17, 15) is 13.2 Å². The van der Waals surface area contributed by atoms with Crippen molar-refractivity contribution in [2.24, 2.45) is 0 Å². The maximum Gasteiger partial charge on any atom is 1.00 e. The Bertz CT molecular complexity index is 54.3. The third kappa shape index (κ3) is 17.6. The zero-order valence-corrected chi connectivity index (χ0v) is 11.1. The van der Waals surface area contributed by atoms with Gasteiger partial charge in [0.15, 0.2) is 0 Å². The Morgan fingerprint density at radius 2 is 1.56 bits per heavy atom. The van der Waals surface area contributed by atoms with E-state index in [1.807, 2.05) is 0 Å². The average Bonchev–Trinajstić information content (AvgIpc) is 1.30. The van der Waals surface area contributed by atoms with E-state index in [0.717, 1.165) is 0 Å². The Morgan fingerprint density at radius 1 is 1.22 bits per heavy atom. The van der Waals surface area contributed by atoms with E-state index in [-0.39, 0.29) is 46.5 Å². The van der Waals surface area contributed by atoms with Crippen molar-refractivity contribution in [2.45, 2.75) is 19.0 Å². The van der Waals surface area contributed by atoms with Crippen molar-refractivity contribution < 1.29 is 53.2 Å². The maximum atomic E-state index is 11.0. The summed E-state index contributed by atoms with van der Waals surface area (Å²) >= 11 is 0. The van der Waals surface area contributed by atoms with Gasteiger partial charge in [0.05, 0.1) is 0 Å². The molecule has 0 aromatic carbocycles. The molecular formula is C4H6ClF3Hg. The van der Waals surface area contributed by atoms with Crippen LogP contribution in [0.4, 0.5) is 13.2 Å². The molecule has 0 saturated heterocycles. The van der Waals surface area contributed by atoms with Gasteiger partial charge in [-0.25, -0.2) is 0 Å². The Balaban J connectivity index is -0.000000180. The van der Waals surface area contributed by atoms with Crippen LogP contribution in [0, 0.1) is 6.92 Å². The van der Waals surface area contributed by atoms with Crippen LogP contribution >= 0.6 is 0 Å². The smallest absolute Gasteiger partial charge is 1.00 e. The van der Waals surface area contributed by atoms with Crippen LogP contribution in [-0.4, -0.2) is 6.18 Å². The molecule has 0 spiro atoms.